The number of rotatable bonds is 0. The minimum Gasteiger partial charge on any atom is 0 e. The summed E-state index contributed by atoms with van der Waals surface area (Å²) in [6.07, 6.45) is 0. The molecule has 3 radical (unpaired) electrons. The van der Waals surface area contributed by atoms with Gasteiger partial charge in [-0.15, -0.1) is 0 Å². The molecule has 0 atom stereocenters. The van der Waals surface area contributed by atoms with Gasteiger partial charge in [0.1, 0.15) is 0 Å². The fraction of sp³-hybridized carbons (Fsp3) is 0. The van der Waals surface area contributed by atoms with Crippen LogP contribution in [0.25, 0.3) is 0 Å². The summed E-state index contributed by atoms with van der Waals surface area (Å²) >= 11 is 0. The Balaban J connectivity index is 0. The van der Waals surface area contributed by atoms with E-state index in [9.17, 15) is 0 Å². The Morgan fingerprint density at radius 3 is 1.00 bits per heavy atom. The second-order valence-corrected chi connectivity index (χ2v) is 0. The van der Waals surface area contributed by atoms with Crippen molar-refractivity contribution in [2.24, 2.45) is 0 Å². The molecule has 0 aliphatic rings. The van der Waals surface area contributed by atoms with Gasteiger partial charge in [-0.2, -0.15) is 0 Å². The van der Waals surface area contributed by atoms with Crippen molar-refractivity contribution < 1.29 is 21.8 Å². The summed E-state index contributed by atoms with van der Waals surface area (Å²) in [4.78, 5) is 0. The van der Waals surface area contributed by atoms with Crippen LogP contribution in [0, 0.1) is 0 Å². The van der Waals surface area contributed by atoms with E-state index in [-0.39, 0.29) is 84.1 Å². The normalized spacial score (nSPS) is 0. The molecule has 0 N–H and O–H groups in total. The zero-order valence-electron chi connectivity index (χ0n) is 1.12. The summed E-state index contributed by atoms with van der Waals surface area (Å²) in [6.45, 7) is 0. The van der Waals surface area contributed by atoms with Gasteiger partial charge in [-0.05, 0) is 0 Å². The van der Waals surface area contributed by atoms with Gasteiger partial charge in [-0.1, -0.05) is 0 Å². The van der Waals surface area contributed by atoms with Gasteiger partial charge in [0.05, 0.1) is 0 Å². The van der Waals surface area contributed by atoms with Crippen LogP contribution in [-0.4, -0.2) is 48.9 Å². The van der Waals surface area contributed by atoms with Crippen LogP contribution < -0.4 is 0 Å². The van der Waals surface area contributed by atoms with E-state index in [2.05, 4.69) is 0 Å². The molecule has 0 spiro atoms. The van der Waals surface area contributed by atoms with E-state index in [1.807, 2.05) is 0 Å². The van der Waals surface area contributed by atoms with Crippen molar-refractivity contribution in [2.75, 3.05) is 0 Å². The van der Waals surface area contributed by atoms with E-state index in [4.69, 9.17) is 0 Å². The molecule has 0 fully saturated rings. The Morgan fingerprint density at radius 2 is 1.00 bits per heavy atom. The second kappa shape index (κ2) is 18.3. The fourth-order valence-electron chi connectivity index (χ4n) is 0. The summed E-state index contributed by atoms with van der Waals surface area (Å²) in [5.41, 5.74) is 0. The molecule has 0 aromatic carbocycles. The molecule has 0 aromatic heterocycles. The molecule has 0 rings (SSSR count). The second-order valence-electron chi connectivity index (χ2n) is 0. The Kier molecular flexibility index (Phi) is 149. The Morgan fingerprint density at radius 1 is 1.00 bits per heavy atom. The quantitative estimate of drug-likeness (QED) is 0.529. The number of hydrogen-bond donors (Lipinski definition) is 0. The fourth-order valence-corrected chi connectivity index (χ4v) is 0. The Labute approximate surface area is 82.5 Å². The van der Waals surface area contributed by atoms with Crippen LogP contribution in [-0.2, 0) is 17.1 Å². The predicted molar refractivity (Wildman–Crippen MR) is 18.6 cm³/mol. The first kappa shape index (κ1) is 32.7. The van der Waals surface area contributed by atoms with Crippen LogP contribution in [0.1, 0.15) is 0 Å². The van der Waals surface area contributed by atoms with E-state index >= 15 is 0 Å². The van der Waals surface area contributed by atoms with Crippen LogP contribution in [0.2, 0.25) is 0 Å². The van der Waals surface area contributed by atoms with Crippen molar-refractivity contribution in [1.82, 2.24) is 0 Å². The molecule has 29 valence electrons. The average Bonchev–Trinajstić information content (AvgIpc) is 0. The third-order valence-electron chi connectivity index (χ3n) is 0. The van der Waals surface area contributed by atoms with Crippen LogP contribution in [0.15, 0.2) is 0 Å². The smallest absolute Gasteiger partial charge is 0 e. The summed E-state index contributed by atoms with van der Waals surface area (Å²) in [7, 11) is 0. The molecule has 0 saturated heterocycles. The van der Waals surface area contributed by atoms with Crippen LogP contribution in [0.5, 0.6) is 0 Å². The predicted octanol–water partition coefficient (Wildman–Crippen LogP) is -0.118. The van der Waals surface area contributed by atoms with Gasteiger partial charge in [0.2, 0.25) is 0 Å². The molecule has 0 aromatic rings. The van der Waals surface area contributed by atoms with Crippen LogP contribution in [0.4, 0.5) is 4.70 Å². The summed E-state index contributed by atoms with van der Waals surface area (Å²) in [5, 5.41) is 0. The van der Waals surface area contributed by atoms with Gasteiger partial charge in [-0.25, -0.2) is 0 Å². The average molecular weight is 255 g/mol. The molecule has 0 aliphatic carbocycles. The molecule has 0 heterocycles. The SMILES string of the molecule is F.[BaH2].[Cu].[S]. The first-order valence-corrected chi connectivity index (χ1v) is 0. The maximum atomic E-state index is 0. The van der Waals surface area contributed by atoms with Crippen LogP contribution in [0.3, 0.4) is 0 Å². The van der Waals surface area contributed by atoms with Crippen molar-refractivity contribution in [2.45, 2.75) is 0 Å². The zero-order valence-corrected chi connectivity index (χ0v) is 2.88. The third kappa shape index (κ3) is 8.84. The molecule has 0 unspecified atom stereocenters. The Bertz CT molecular complexity index is 8.00. The van der Waals surface area contributed by atoms with Crippen molar-refractivity contribution in [3.05, 3.63) is 0 Å². The van der Waals surface area contributed by atoms with E-state index in [1.165, 1.54) is 0 Å². The van der Waals surface area contributed by atoms with Gasteiger partial charge in [0.15, 0.2) is 0 Å². The standard InChI is InChI=1S/Ba.Cu.FH.S.2H/h;;1H;;;. The minimum absolute atomic E-state index is 0. The van der Waals surface area contributed by atoms with Gasteiger partial charge >= 0.3 is 48.9 Å². The maximum Gasteiger partial charge on any atom is 0 e. The maximum absolute atomic E-state index is 0. The van der Waals surface area contributed by atoms with E-state index < -0.39 is 0 Å². The van der Waals surface area contributed by atoms with E-state index in [1.54, 1.807) is 0 Å². The monoisotopic (exact) mass is 255 g/mol. The molecular weight excluding hydrogens is 252 g/mol. The van der Waals surface area contributed by atoms with Gasteiger partial charge in [-0.3, -0.25) is 4.70 Å². The summed E-state index contributed by atoms with van der Waals surface area (Å²) in [6, 6.07) is 0. The van der Waals surface area contributed by atoms with Gasteiger partial charge in [0, 0.05) is 30.6 Å². The minimum atomic E-state index is 0. The molecule has 0 saturated carbocycles. The van der Waals surface area contributed by atoms with Crippen molar-refractivity contribution >= 4 is 62.4 Å². The number of hydrogen-bond acceptors (Lipinski definition) is 0. The molecule has 4 heteroatoms. The van der Waals surface area contributed by atoms with E-state index in [0.29, 0.717) is 0 Å². The molecule has 0 nitrogen and oxygen atoms in total. The molecule has 4 heavy (non-hydrogen) atoms. The summed E-state index contributed by atoms with van der Waals surface area (Å²) in [5.74, 6) is 0. The van der Waals surface area contributed by atoms with Crippen molar-refractivity contribution in [3.63, 3.8) is 0 Å². The molecule has 0 bridgehead atoms. The Hall–Kier alpha value is 2.37. The molecule has 0 aliphatic heterocycles. The third-order valence-corrected chi connectivity index (χ3v) is 0. The van der Waals surface area contributed by atoms with Gasteiger partial charge in [0.25, 0.3) is 0 Å². The first-order valence-electron chi connectivity index (χ1n) is 0. The topological polar surface area (TPSA) is 0 Å². The summed E-state index contributed by atoms with van der Waals surface area (Å²) < 4.78 is 0. The molecular formula is H3BaCuFS. The van der Waals surface area contributed by atoms with E-state index in [0.717, 1.165) is 0 Å². The van der Waals surface area contributed by atoms with Crippen LogP contribution >= 0.6 is 13.5 Å². The first-order chi connectivity index (χ1) is 0. The number of halogens is 1. The van der Waals surface area contributed by atoms with Crippen molar-refractivity contribution in [3.8, 4) is 0 Å². The van der Waals surface area contributed by atoms with Crippen molar-refractivity contribution in [1.29, 1.82) is 0 Å². The largest absolute Gasteiger partial charge is 0 e. The van der Waals surface area contributed by atoms with Gasteiger partial charge < -0.3 is 0 Å². The molecule has 0 amide bonds. The zero-order chi connectivity index (χ0) is 0.